The number of nitrogens with one attached hydrogen (secondary N) is 2. The number of benzene rings is 2. The Morgan fingerprint density at radius 3 is 2.44 bits per heavy atom. The van der Waals surface area contributed by atoms with E-state index in [9.17, 15) is 23.1 Å². The van der Waals surface area contributed by atoms with E-state index in [0.29, 0.717) is 27.4 Å². The Morgan fingerprint density at radius 2 is 1.85 bits per heavy atom. The fraction of sp³-hybridized carbons (Fsp3) is 0.0952. The molecule has 0 spiro atoms. The number of aromatic hydroxyl groups is 1. The van der Waals surface area contributed by atoms with Crippen molar-refractivity contribution in [2.24, 2.45) is 5.10 Å². The van der Waals surface area contributed by atoms with Gasteiger partial charge in [0.05, 0.1) is 26.7 Å². The van der Waals surface area contributed by atoms with Crippen LogP contribution in [-0.2, 0) is 0 Å². The Kier molecular flexibility index (Phi) is 7.64. The Balaban J connectivity index is 1.68. The topological polar surface area (TPSA) is 103 Å². The molecule has 0 aliphatic rings. The second-order valence-electron chi connectivity index (χ2n) is 6.66. The van der Waals surface area contributed by atoms with Crippen molar-refractivity contribution in [1.82, 2.24) is 5.43 Å². The quantitative estimate of drug-likeness (QED) is 0.174. The highest BCUT2D eigenvalue weighted by Crippen LogP contribution is 2.39. The fourth-order valence-electron chi connectivity index (χ4n) is 2.74. The normalized spacial score (nSPS) is 11.7. The van der Waals surface area contributed by atoms with Gasteiger partial charge in [-0.05, 0) is 67.2 Å². The van der Waals surface area contributed by atoms with Gasteiger partial charge in [-0.3, -0.25) is 5.43 Å². The molecule has 2 aromatic carbocycles. The van der Waals surface area contributed by atoms with Gasteiger partial charge in [0.2, 0.25) is 0 Å². The van der Waals surface area contributed by atoms with Gasteiger partial charge in [-0.25, -0.2) is 4.79 Å². The first kappa shape index (κ1) is 25.3. The van der Waals surface area contributed by atoms with Gasteiger partial charge in [-0.2, -0.15) is 5.10 Å². The number of hydrogen-bond acceptors (Lipinski definition) is 6. The minimum absolute atomic E-state index is 0.0358. The van der Waals surface area contributed by atoms with E-state index in [1.807, 2.05) is 0 Å². The maximum atomic E-state index is 12.3. The summed E-state index contributed by atoms with van der Waals surface area (Å²) in [5, 5.41) is 28.3. The van der Waals surface area contributed by atoms with Gasteiger partial charge in [-0.15, -0.1) is 24.5 Å². The molecule has 0 atom stereocenters. The van der Waals surface area contributed by atoms with Crippen LogP contribution in [-0.4, -0.2) is 33.4 Å². The number of alkyl halides is 3. The molecule has 0 amide bonds. The summed E-state index contributed by atoms with van der Waals surface area (Å²) < 4.78 is 40.8. The van der Waals surface area contributed by atoms with Crippen LogP contribution >= 0.6 is 35.2 Å². The van der Waals surface area contributed by atoms with E-state index in [1.165, 1.54) is 41.7 Å². The third-order valence-corrected chi connectivity index (χ3v) is 5.81. The van der Waals surface area contributed by atoms with Crippen molar-refractivity contribution in [2.75, 3.05) is 5.32 Å². The number of hydrogen-bond donors (Lipinski definition) is 4. The van der Waals surface area contributed by atoms with Crippen LogP contribution in [0.15, 0.2) is 52.9 Å². The van der Waals surface area contributed by atoms with Crippen molar-refractivity contribution in [1.29, 1.82) is 0 Å². The van der Waals surface area contributed by atoms with Crippen molar-refractivity contribution in [3.8, 4) is 21.9 Å². The standard InChI is InChI=1S/C21H15ClF3N3O4S2/c1-10(27-28-20(33)26-12-4-7-14(19(30)31)16(22)8-12)15-9-34-18(17(15)29)11-2-5-13(6-3-11)32-21(23,24)25/h2-9,29H,1H3,(H,30,31)(H2,26,28,33). The van der Waals surface area contributed by atoms with Gasteiger partial charge in [0.25, 0.3) is 0 Å². The van der Waals surface area contributed by atoms with Gasteiger partial charge in [0, 0.05) is 11.1 Å². The molecule has 1 aromatic heterocycles. The fourth-order valence-corrected chi connectivity index (χ4v) is 4.18. The second-order valence-corrected chi connectivity index (χ2v) is 8.36. The Labute approximate surface area is 205 Å². The number of thiophene rings is 1. The summed E-state index contributed by atoms with van der Waals surface area (Å²) >= 11 is 12.3. The molecule has 178 valence electrons. The lowest BCUT2D eigenvalue weighted by molar-refractivity contribution is -0.274. The van der Waals surface area contributed by atoms with Gasteiger partial charge in [0.1, 0.15) is 11.5 Å². The van der Waals surface area contributed by atoms with Crippen LogP contribution in [0.2, 0.25) is 5.02 Å². The van der Waals surface area contributed by atoms with Crippen molar-refractivity contribution < 1.29 is 32.9 Å². The van der Waals surface area contributed by atoms with Crippen molar-refractivity contribution >= 4 is 57.6 Å². The van der Waals surface area contributed by atoms with E-state index in [-0.39, 0.29) is 27.2 Å². The molecule has 0 unspecified atom stereocenters. The zero-order valence-electron chi connectivity index (χ0n) is 17.1. The summed E-state index contributed by atoms with van der Waals surface area (Å²) in [5.41, 5.74) is 4.30. The maximum absolute atomic E-state index is 12.3. The smallest absolute Gasteiger partial charge is 0.506 e. The highest BCUT2D eigenvalue weighted by atomic mass is 35.5. The highest BCUT2D eigenvalue weighted by Gasteiger charge is 2.31. The van der Waals surface area contributed by atoms with E-state index in [2.05, 4.69) is 20.6 Å². The number of halogens is 4. The van der Waals surface area contributed by atoms with Gasteiger partial charge in [0.15, 0.2) is 5.11 Å². The molecule has 0 bridgehead atoms. The summed E-state index contributed by atoms with van der Waals surface area (Å²) in [4.78, 5) is 11.5. The summed E-state index contributed by atoms with van der Waals surface area (Å²) in [6.07, 6.45) is -4.79. The first-order valence-electron chi connectivity index (χ1n) is 9.25. The Hall–Kier alpha value is -3.35. The van der Waals surface area contributed by atoms with E-state index in [4.69, 9.17) is 28.9 Å². The lowest BCUT2D eigenvalue weighted by Gasteiger charge is -2.09. The minimum Gasteiger partial charge on any atom is -0.506 e. The molecular weight excluding hydrogens is 515 g/mol. The predicted octanol–water partition coefficient (Wildman–Crippen LogP) is 6.08. The number of carbonyl (C=O) groups is 1. The number of ether oxygens (including phenoxy) is 1. The first-order valence-corrected chi connectivity index (χ1v) is 10.9. The van der Waals surface area contributed by atoms with Crippen LogP contribution in [0.5, 0.6) is 11.5 Å². The van der Waals surface area contributed by atoms with Crippen molar-refractivity contribution in [2.45, 2.75) is 13.3 Å². The average molecular weight is 530 g/mol. The summed E-state index contributed by atoms with van der Waals surface area (Å²) in [7, 11) is 0. The third kappa shape index (κ3) is 6.37. The number of hydrazone groups is 1. The maximum Gasteiger partial charge on any atom is 0.573 e. The molecule has 34 heavy (non-hydrogen) atoms. The van der Waals surface area contributed by atoms with Crippen LogP contribution in [0, 0.1) is 0 Å². The molecule has 4 N–H and O–H groups in total. The number of carboxylic acids is 1. The van der Waals surface area contributed by atoms with Crippen molar-refractivity contribution in [3.63, 3.8) is 0 Å². The zero-order chi connectivity index (χ0) is 25.0. The molecule has 13 heteroatoms. The minimum atomic E-state index is -4.79. The molecule has 3 aromatic rings. The van der Waals surface area contributed by atoms with E-state index < -0.39 is 12.3 Å². The lowest BCUT2D eigenvalue weighted by atomic mass is 10.1. The highest BCUT2D eigenvalue weighted by molar-refractivity contribution is 7.80. The first-order chi connectivity index (χ1) is 15.9. The van der Waals surface area contributed by atoms with E-state index in [0.717, 1.165) is 12.1 Å². The van der Waals surface area contributed by atoms with E-state index in [1.54, 1.807) is 12.3 Å². The number of rotatable bonds is 6. The predicted molar refractivity (Wildman–Crippen MR) is 128 cm³/mol. The number of carboxylic acid groups (broad SMARTS) is 1. The molecular formula is C21H15ClF3N3O4S2. The van der Waals surface area contributed by atoms with Crippen LogP contribution < -0.4 is 15.5 Å². The number of anilines is 1. The Bertz CT molecular complexity index is 1260. The summed E-state index contributed by atoms with van der Waals surface area (Å²) in [5.74, 6) is -1.61. The third-order valence-electron chi connectivity index (χ3n) is 4.29. The molecule has 0 aliphatic carbocycles. The summed E-state index contributed by atoms with van der Waals surface area (Å²) in [6.45, 7) is 1.62. The van der Waals surface area contributed by atoms with Gasteiger partial charge in [-0.1, -0.05) is 11.6 Å². The van der Waals surface area contributed by atoms with Gasteiger partial charge >= 0.3 is 12.3 Å². The second kappa shape index (κ2) is 10.3. The molecule has 0 aliphatic heterocycles. The monoisotopic (exact) mass is 529 g/mol. The largest absolute Gasteiger partial charge is 0.573 e. The average Bonchev–Trinajstić information content (AvgIpc) is 3.12. The summed E-state index contributed by atoms with van der Waals surface area (Å²) in [6, 6.07) is 9.34. The SMILES string of the molecule is CC(=NNC(=S)Nc1ccc(C(=O)O)c(Cl)c1)c1csc(-c2ccc(OC(F)(F)F)cc2)c1O. The van der Waals surface area contributed by atoms with Crippen LogP contribution in [0.25, 0.3) is 10.4 Å². The molecule has 1 heterocycles. The molecule has 0 saturated heterocycles. The van der Waals surface area contributed by atoms with Crippen LogP contribution in [0.4, 0.5) is 18.9 Å². The zero-order valence-corrected chi connectivity index (χ0v) is 19.5. The number of nitrogens with zero attached hydrogens (tertiary/aromatic N) is 1. The molecule has 7 nitrogen and oxygen atoms in total. The molecule has 0 saturated carbocycles. The van der Waals surface area contributed by atoms with Crippen LogP contribution in [0.3, 0.4) is 0 Å². The van der Waals surface area contributed by atoms with Gasteiger partial charge < -0.3 is 20.3 Å². The van der Waals surface area contributed by atoms with Crippen LogP contribution in [0.1, 0.15) is 22.8 Å². The molecule has 0 radical (unpaired) electrons. The lowest BCUT2D eigenvalue weighted by Crippen LogP contribution is -2.25. The van der Waals surface area contributed by atoms with E-state index >= 15 is 0 Å². The molecule has 0 fully saturated rings. The Morgan fingerprint density at radius 1 is 1.18 bits per heavy atom. The number of aromatic carboxylic acids is 1. The van der Waals surface area contributed by atoms with Crippen molar-refractivity contribution in [3.05, 3.63) is 64.0 Å². The molecule has 3 rings (SSSR count). The number of thiocarbonyl (C=S) groups is 1.